The number of rotatable bonds is 3. The Morgan fingerprint density at radius 1 is 1.04 bits per heavy atom. The molecule has 0 unspecified atom stereocenters. The molecule has 2 aromatic heterocycles. The maximum absolute atomic E-state index is 4.96. The van der Waals surface area contributed by atoms with E-state index in [1.807, 2.05) is 6.07 Å². The Bertz CT molecular complexity index is 835. The monoisotopic (exact) mass is 338 g/mol. The summed E-state index contributed by atoms with van der Waals surface area (Å²) < 4.78 is 0. The van der Waals surface area contributed by atoms with Crippen molar-refractivity contribution in [2.75, 3.05) is 38.1 Å². The molecule has 124 valence electrons. The lowest BCUT2D eigenvalue weighted by atomic mass is 10.1. The lowest BCUT2D eigenvalue weighted by Gasteiger charge is -2.33. The molecule has 0 bridgehead atoms. The zero-order valence-electron chi connectivity index (χ0n) is 14.2. The van der Waals surface area contributed by atoms with Crippen molar-refractivity contribution < 1.29 is 0 Å². The number of hydrogen-bond donors (Lipinski definition) is 0. The molecule has 3 aromatic rings. The summed E-state index contributed by atoms with van der Waals surface area (Å²) in [6.07, 6.45) is 0.786. The lowest BCUT2D eigenvalue weighted by molar-refractivity contribution is 0.312. The molecule has 5 heteroatoms. The molecule has 1 aliphatic rings. The van der Waals surface area contributed by atoms with Crippen molar-refractivity contribution in [3.63, 3.8) is 0 Å². The number of fused-ring (bicyclic) bond motifs is 1. The van der Waals surface area contributed by atoms with E-state index in [2.05, 4.69) is 54.1 Å². The molecule has 1 aliphatic heterocycles. The zero-order chi connectivity index (χ0) is 16.5. The highest BCUT2D eigenvalue weighted by molar-refractivity contribution is 7.18. The minimum Gasteiger partial charge on any atom is -0.353 e. The molecule has 0 N–H and O–H groups in total. The molecular weight excluding hydrogens is 316 g/mol. The predicted molar refractivity (Wildman–Crippen MR) is 101 cm³/mol. The van der Waals surface area contributed by atoms with Crippen molar-refractivity contribution in [2.45, 2.75) is 13.3 Å². The highest BCUT2D eigenvalue weighted by Gasteiger charge is 2.20. The van der Waals surface area contributed by atoms with Crippen LogP contribution < -0.4 is 4.90 Å². The number of aryl methyl sites for hydroxylation is 1. The third-order valence-electron chi connectivity index (χ3n) is 4.55. The van der Waals surface area contributed by atoms with Gasteiger partial charge in [-0.05, 0) is 25.6 Å². The zero-order valence-corrected chi connectivity index (χ0v) is 15.0. The quantitative estimate of drug-likeness (QED) is 0.733. The van der Waals surface area contributed by atoms with Crippen molar-refractivity contribution in [3.8, 4) is 0 Å². The normalized spacial score (nSPS) is 16.0. The summed E-state index contributed by atoms with van der Waals surface area (Å²) in [4.78, 5) is 17.0. The molecular formula is C19H22N4S. The Balaban J connectivity index is 1.73. The van der Waals surface area contributed by atoms with Crippen LogP contribution in [0.5, 0.6) is 0 Å². The van der Waals surface area contributed by atoms with Gasteiger partial charge in [0.05, 0.1) is 5.39 Å². The number of anilines is 1. The molecule has 0 radical (unpaired) electrons. The Labute approximate surface area is 146 Å². The molecule has 4 rings (SSSR count). The highest BCUT2D eigenvalue weighted by Crippen LogP contribution is 2.31. The van der Waals surface area contributed by atoms with Gasteiger partial charge >= 0.3 is 0 Å². The van der Waals surface area contributed by atoms with E-state index in [1.165, 1.54) is 15.8 Å². The van der Waals surface area contributed by atoms with Crippen LogP contribution in [0, 0.1) is 6.92 Å². The average molecular weight is 338 g/mol. The topological polar surface area (TPSA) is 32.3 Å². The average Bonchev–Trinajstić information content (AvgIpc) is 2.96. The minimum absolute atomic E-state index is 0.786. The summed E-state index contributed by atoms with van der Waals surface area (Å²) in [5, 5.41) is 1.21. The van der Waals surface area contributed by atoms with Gasteiger partial charge in [-0.3, -0.25) is 0 Å². The van der Waals surface area contributed by atoms with Crippen molar-refractivity contribution in [1.82, 2.24) is 14.9 Å². The van der Waals surface area contributed by atoms with Gasteiger partial charge in [0.2, 0.25) is 0 Å². The number of nitrogens with zero attached hydrogens (tertiary/aromatic N) is 4. The van der Waals surface area contributed by atoms with Crippen LogP contribution in [0.2, 0.25) is 0 Å². The largest absolute Gasteiger partial charge is 0.353 e. The number of aromatic nitrogens is 2. The second kappa shape index (κ2) is 6.49. The molecule has 1 saturated heterocycles. The van der Waals surface area contributed by atoms with Crippen molar-refractivity contribution >= 4 is 27.4 Å². The van der Waals surface area contributed by atoms with Crippen LogP contribution in [0.4, 0.5) is 5.82 Å². The smallest absolute Gasteiger partial charge is 0.141 e. The first-order valence-electron chi connectivity index (χ1n) is 8.43. The fourth-order valence-corrected chi connectivity index (χ4v) is 4.08. The first-order valence-corrected chi connectivity index (χ1v) is 9.25. The second-order valence-electron chi connectivity index (χ2n) is 6.49. The van der Waals surface area contributed by atoms with Crippen LogP contribution in [-0.4, -0.2) is 48.1 Å². The number of hydrogen-bond acceptors (Lipinski definition) is 5. The van der Waals surface area contributed by atoms with Crippen LogP contribution in [0.1, 0.15) is 16.3 Å². The number of likely N-dealkylation sites (N-methyl/N-ethyl adjacent to an activating group) is 1. The third-order valence-corrected chi connectivity index (χ3v) is 5.49. The first kappa shape index (κ1) is 15.5. The Morgan fingerprint density at radius 2 is 1.79 bits per heavy atom. The van der Waals surface area contributed by atoms with Gasteiger partial charge in [0.25, 0.3) is 0 Å². The van der Waals surface area contributed by atoms with Gasteiger partial charge < -0.3 is 9.80 Å². The van der Waals surface area contributed by atoms with Crippen molar-refractivity contribution in [1.29, 1.82) is 0 Å². The number of piperazine rings is 1. The molecule has 1 aromatic carbocycles. The molecule has 24 heavy (non-hydrogen) atoms. The van der Waals surface area contributed by atoms with E-state index in [9.17, 15) is 0 Å². The lowest BCUT2D eigenvalue weighted by Crippen LogP contribution is -2.45. The van der Waals surface area contributed by atoms with Crippen LogP contribution in [-0.2, 0) is 6.42 Å². The number of benzene rings is 1. The molecule has 1 fully saturated rings. The maximum Gasteiger partial charge on any atom is 0.141 e. The molecule has 0 spiro atoms. The van der Waals surface area contributed by atoms with Crippen LogP contribution in [0.15, 0.2) is 36.4 Å². The third kappa shape index (κ3) is 3.14. The van der Waals surface area contributed by atoms with E-state index in [0.29, 0.717) is 0 Å². The Morgan fingerprint density at radius 3 is 2.54 bits per heavy atom. The van der Waals surface area contributed by atoms with Crippen LogP contribution >= 0.6 is 11.3 Å². The van der Waals surface area contributed by atoms with Gasteiger partial charge in [-0.15, -0.1) is 11.3 Å². The molecule has 4 nitrogen and oxygen atoms in total. The van der Waals surface area contributed by atoms with E-state index >= 15 is 0 Å². The van der Waals surface area contributed by atoms with Gasteiger partial charge in [-0.25, -0.2) is 9.97 Å². The van der Waals surface area contributed by atoms with E-state index in [1.54, 1.807) is 11.3 Å². The molecule has 0 atom stereocenters. The van der Waals surface area contributed by atoms with E-state index < -0.39 is 0 Å². The van der Waals surface area contributed by atoms with E-state index in [4.69, 9.17) is 9.97 Å². The first-order chi connectivity index (χ1) is 11.7. The molecule has 0 amide bonds. The molecule has 0 saturated carbocycles. The Hall–Kier alpha value is -1.98. The van der Waals surface area contributed by atoms with Gasteiger partial charge in [0.15, 0.2) is 0 Å². The van der Waals surface area contributed by atoms with Gasteiger partial charge in [-0.1, -0.05) is 30.3 Å². The standard InChI is InChI=1S/C19H22N4S/c1-14-12-16-18(23-10-8-22(2)9-11-23)20-17(21-19(16)24-14)13-15-6-4-3-5-7-15/h3-7,12H,8-11,13H2,1-2H3. The summed E-state index contributed by atoms with van der Waals surface area (Å²) in [6, 6.07) is 12.7. The van der Waals surface area contributed by atoms with Crippen molar-refractivity contribution in [2.24, 2.45) is 0 Å². The van der Waals surface area contributed by atoms with Crippen LogP contribution in [0.25, 0.3) is 10.2 Å². The van der Waals surface area contributed by atoms with Gasteiger partial charge in [-0.2, -0.15) is 0 Å². The SMILES string of the molecule is Cc1cc2c(N3CCN(C)CC3)nc(Cc3ccccc3)nc2s1. The molecule has 0 aliphatic carbocycles. The molecule has 3 heterocycles. The Kier molecular flexibility index (Phi) is 4.21. The predicted octanol–water partition coefficient (Wildman–Crippen LogP) is 3.34. The second-order valence-corrected chi connectivity index (χ2v) is 7.73. The maximum atomic E-state index is 4.96. The summed E-state index contributed by atoms with van der Waals surface area (Å²) in [6.45, 7) is 6.38. The minimum atomic E-state index is 0.786. The summed E-state index contributed by atoms with van der Waals surface area (Å²) in [7, 11) is 2.18. The summed E-state index contributed by atoms with van der Waals surface area (Å²) in [5.74, 6) is 2.04. The van der Waals surface area contributed by atoms with Gasteiger partial charge in [0.1, 0.15) is 16.5 Å². The van der Waals surface area contributed by atoms with Crippen molar-refractivity contribution in [3.05, 3.63) is 52.7 Å². The highest BCUT2D eigenvalue weighted by atomic mass is 32.1. The van der Waals surface area contributed by atoms with Gasteiger partial charge in [0, 0.05) is 37.5 Å². The number of thiophene rings is 1. The summed E-state index contributed by atoms with van der Waals surface area (Å²) >= 11 is 1.77. The summed E-state index contributed by atoms with van der Waals surface area (Å²) in [5.41, 5.74) is 1.26. The van der Waals surface area contributed by atoms with Crippen LogP contribution in [0.3, 0.4) is 0 Å². The fraction of sp³-hybridized carbons (Fsp3) is 0.368. The van der Waals surface area contributed by atoms with E-state index in [0.717, 1.165) is 49.1 Å². The van der Waals surface area contributed by atoms with E-state index in [-0.39, 0.29) is 0 Å². The fourth-order valence-electron chi connectivity index (χ4n) is 3.19.